The lowest BCUT2D eigenvalue weighted by atomic mass is 9.88. The molecule has 1 aromatic carbocycles. The fourth-order valence-corrected chi connectivity index (χ4v) is 5.19. The Morgan fingerprint density at radius 3 is 2.56 bits per heavy atom. The highest BCUT2D eigenvalue weighted by molar-refractivity contribution is 5.94. The highest BCUT2D eigenvalue weighted by Gasteiger charge is 2.32. The van der Waals surface area contributed by atoms with Crippen molar-refractivity contribution in [3.63, 3.8) is 0 Å². The van der Waals surface area contributed by atoms with Gasteiger partial charge in [-0.25, -0.2) is 9.18 Å². The summed E-state index contributed by atoms with van der Waals surface area (Å²) in [5.41, 5.74) is 0.557. The van der Waals surface area contributed by atoms with Gasteiger partial charge in [-0.3, -0.25) is 9.69 Å². The predicted molar refractivity (Wildman–Crippen MR) is 122 cm³/mol. The minimum atomic E-state index is -0.504. The van der Waals surface area contributed by atoms with E-state index in [-0.39, 0.29) is 29.6 Å². The largest absolute Gasteiger partial charge is 0.381 e. The van der Waals surface area contributed by atoms with E-state index in [0.29, 0.717) is 18.2 Å². The molecular formula is C24H35FN4O3. The van der Waals surface area contributed by atoms with Crippen molar-refractivity contribution in [1.29, 1.82) is 0 Å². The van der Waals surface area contributed by atoms with Gasteiger partial charge in [0.2, 0.25) is 5.91 Å². The van der Waals surface area contributed by atoms with Gasteiger partial charge in [0.25, 0.3) is 0 Å². The summed E-state index contributed by atoms with van der Waals surface area (Å²) in [6, 6.07) is 4.20. The van der Waals surface area contributed by atoms with E-state index in [2.05, 4.69) is 20.9 Å². The van der Waals surface area contributed by atoms with Crippen LogP contribution in [0.1, 0.15) is 51.4 Å². The Kier molecular flexibility index (Phi) is 7.97. The average Bonchev–Trinajstić information content (AvgIpc) is 3.52. The van der Waals surface area contributed by atoms with Crippen LogP contribution in [0.2, 0.25) is 0 Å². The van der Waals surface area contributed by atoms with E-state index in [1.165, 1.54) is 31.0 Å². The van der Waals surface area contributed by atoms with Gasteiger partial charge in [0.1, 0.15) is 5.82 Å². The van der Waals surface area contributed by atoms with Crippen molar-refractivity contribution in [3.05, 3.63) is 24.0 Å². The van der Waals surface area contributed by atoms with E-state index in [0.717, 1.165) is 64.8 Å². The van der Waals surface area contributed by atoms with Crippen LogP contribution in [-0.4, -0.2) is 55.7 Å². The zero-order valence-electron chi connectivity index (χ0n) is 18.7. The van der Waals surface area contributed by atoms with Gasteiger partial charge in [0, 0.05) is 36.7 Å². The van der Waals surface area contributed by atoms with E-state index < -0.39 is 5.82 Å². The summed E-state index contributed by atoms with van der Waals surface area (Å²) in [7, 11) is 0. The van der Waals surface area contributed by atoms with Gasteiger partial charge in [-0.15, -0.1) is 0 Å². The molecule has 1 aliphatic carbocycles. The van der Waals surface area contributed by atoms with E-state index in [1.54, 1.807) is 0 Å². The molecule has 3 fully saturated rings. The first-order chi connectivity index (χ1) is 15.6. The third kappa shape index (κ3) is 5.98. The van der Waals surface area contributed by atoms with Crippen LogP contribution in [0.5, 0.6) is 0 Å². The van der Waals surface area contributed by atoms with Crippen molar-refractivity contribution in [3.8, 4) is 0 Å². The molecule has 1 saturated carbocycles. The summed E-state index contributed by atoms with van der Waals surface area (Å²) in [5.74, 6) is -0.279. The van der Waals surface area contributed by atoms with E-state index in [4.69, 9.17) is 4.74 Å². The lowest BCUT2D eigenvalue weighted by Crippen LogP contribution is -2.48. The van der Waals surface area contributed by atoms with Crippen LogP contribution in [0.3, 0.4) is 0 Å². The molecule has 32 heavy (non-hydrogen) atoms. The Labute approximate surface area is 189 Å². The highest BCUT2D eigenvalue weighted by atomic mass is 19.1. The van der Waals surface area contributed by atoms with Crippen molar-refractivity contribution in [2.24, 2.45) is 11.8 Å². The fourth-order valence-electron chi connectivity index (χ4n) is 5.19. The SMILES string of the molecule is O=C(NC[C@H]([C@@H]1CCOC1)N1CCCC1)Nc1ccc(F)c(NC(=O)C2CCCCC2)c1. The van der Waals surface area contributed by atoms with Crippen molar-refractivity contribution in [2.75, 3.05) is 43.5 Å². The molecule has 2 saturated heterocycles. The highest BCUT2D eigenvalue weighted by Crippen LogP contribution is 2.27. The van der Waals surface area contributed by atoms with Crippen LogP contribution in [0.15, 0.2) is 18.2 Å². The zero-order chi connectivity index (χ0) is 22.3. The summed E-state index contributed by atoms with van der Waals surface area (Å²) in [4.78, 5) is 27.5. The third-order valence-electron chi connectivity index (χ3n) is 7.05. The minimum Gasteiger partial charge on any atom is -0.381 e. The van der Waals surface area contributed by atoms with Crippen molar-refractivity contribution in [1.82, 2.24) is 10.2 Å². The number of hydrogen-bond acceptors (Lipinski definition) is 4. The lowest BCUT2D eigenvalue weighted by molar-refractivity contribution is -0.120. The maximum atomic E-state index is 14.3. The van der Waals surface area contributed by atoms with Gasteiger partial charge in [-0.1, -0.05) is 19.3 Å². The van der Waals surface area contributed by atoms with Crippen molar-refractivity contribution in [2.45, 2.75) is 57.4 Å². The predicted octanol–water partition coefficient (Wildman–Crippen LogP) is 3.97. The molecule has 2 heterocycles. The van der Waals surface area contributed by atoms with Gasteiger partial charge < -0.3 is 20.7 Å². The molecule has 3 amide bonds. The van der Waals surface area contributed by atoms with Crippen LogP contribution >= 0.6 is 0 Å². The maximum absolute atomic E-state index is 14.3. The molecule has 7 nitrogen and oxygen atoms in total. The second kappa shape index (κ2) is 11.1. The number of anilines is 2. The van der Waals surface area contributed by atoms with Crippen LogP contribution < -0.4 is 16.0 Å². The number of nitrogens with one attached hydrogen (secondary N) is 3. The molecule has 2 aliphatic heterocycles. The van der Waals surface area contributed by atoms with E-state index in [9.17, 15) is 14.0 Å². The molecule has 8 heteroatoms. The molecule has 3 aliphatic rings. The molecule has 0 radical (unpaired) electrons. The Morgan fingerprint density at radius 2 is 1.84 bits per heavy atom. The first-order valence-electron chi connectivity index (χ1n) is 12.1. The number of urea groups is 1. The molecule has 2 atom stereocenters. The molecule has 1 aromatic rings. The lowest BCUT2D eigenvalue weighted by Gasteiger charge is -2.32. The number of carbonyl (C=O) groups excluding carboxylic acids is 2. The Hall–Kier alpha value is -2.19. The molecule has 4 rings (SSSR count). The number of halogens is 1. The van der Waals surface area contributed by atoms with Crippen LogP contribution in [0, 0.1) is 17.7 Å². The van der Waals surface area contributed by atoms with Crippen molar-refractivity contribution < 1.29 is 18.7 Å². The summed E-state index contributed by atoms with van der Waals surface area (Å²) in [6.45, 7) is 4.20. The minimum absolute atomic E-state index is 0.0647. The van der Waals surface area contributed by atoms with E-state index >= 15 is 0 Å². The smallest absolute Gasteiger partial charge is 0.319 e. The summed E-state index contributed by atoms with van der Waals surface area (Å²) in [5, 5.41) is 8.48. The normalized spacial score (nSPS) is 23.1. The van der Waals surface area contributed by atoms with Crippen LogP contribution in [0.4, 0.5) is 20.6 Å². The summed E-state index contributed by atoms with van der Waals surface area (Å²) in [6.07, 6.45) is 8.32. The second-order valence-corrected chi connectivity index (χ2v) is 9.29. The number of rotatable bonds is 7. The van der Waals surface area contributed by atoms with Gasteiger partial charge >= 0.3 is 6.03 Å². The Balaban J connectivity index is 1.32. The van der Waals surface area contributed by atoms with Gasteiger partial charge in [-0.2, -0.15) is 0 Å². The molecule has 0 bridgehead atoms. The first-order valence-corrected chi connectivity index (χ1v) is 12.1. The molecule has 3 N–H and O–H groups in total. The monoisotopic (exact) mass is 446 g/mol. The average molecular weight is 447 g/mol. The number of hydrogen-bond donors (Lipinski definition) is 3. The molecule has 176 valence electrons. The fraction of sp³-hybridized carbons (Fsp3) is 0.667. The van der Waals surface area contributed by atoms with Crippen LogP contribution in [-0.2, 0) is 9.53 Å². The second-order valence-electron chi connectivity index (χ2n) is 9.29. The number of likely N-dealkylation sites (tertiary alicyclic amines) is 1. The Morgan fingerprint density at radius 1 is 1.06 bits per heavy atom. The molecule has 0 aromatic heterocycles. The summed E-state index contributed by atoms with van der Waals surface area (Å²) >= 11 is 0. The topological polar surface area (TPSA) is 82.7 Å². The first kappa shape index (κ1) is 23.0. The Bertz CT molecular complexity index is 771. The number of amides is 3. The maximum Gasteiger partial charge on any atom is 0.319 e. The standard InChI is InChI=1S/C24H35FN4O3/c25-20-9-8-19(14-21(20)28-23(30)17-6-2-1-3-7-17)27-24(31)26-15-22(18-10-13-32-16-18)29-11-4-5-12-29/h8-9,14,17-18,22H,1-7,10-13,15-16H2,(H,28,30)(H2,26,27,31)/t18-,22-/m1/s1. The van der Waals surface area contributed by atoms with Gasteiger partial charge in [-0.05, 0) is 63.4 Å². The number of nitrogens with zero attached hydrogens (tertiary/aromatic N) is 1. The molecule has 0 unspecified atom stereocenters. The summed E-state index contributed by atoms with van der Waals surface area (Å²) < 4.78 is 19.8. The third-order valence-corrected chi connectivity index (χ3v) is 7.05. The zero-order valence-corrected chi connectivity index (χ0v) is 18.7. The quantitative estimate of drug-likeness (QED) is 0.592. The number of benzene rings is 1. The number of carbonyl (C=O) groups is 2. The van der Waals surface area contributed by atoms with Crippen molar-refractivity contribution >= 4 is 23.3 Å². The molecular weight excluding hydrogens is 411 g/mol. The van der Waals surface area contributed by atoms with Crippen LogP contribution in [0.25, 0.3) is 0 Å². The van der Waals surface area contributed by atoms with Gasteiger partial charge in [0.05, 0.1) is 12.3 Å². The number of ether oxygens (including phenoxy) is 1. The van der Waals surface area contributed by atoms with Gasteiger partial charge in [0.15, 0.2) is 0 Å². The van der Waals surface area contributed by atoms with E-state index in [1.807, 2.05) is 0 Å². The molecule has 0 spiro atoms.